The second kappa shape index (κ2) is 8.52. The maximum absolute atomic E-state index is 3.44. The molecule has 0 rings (SSSR count). The Balaban J connectivity index is 2.99. The molecular formula is C11H26N2. The van der Waals surface area contributed by atoms with E-state index < -0.39 is 0 Å². The van der Waals surface area contributed by atoms with E-state index in [4.69, 9.17) is 0 Å². The lowest BCUT2D eigenvalue weighted by atomic mass is 10.1. The molecule has 0 aliphatic heterocycles. The molecule has 0 heterocycles. The van der Waals surface area contributed by atoms with Gasteiger partial charge in [-0.15, -0.1) is 0 Å². The van der Waals surface area contributed by atoms with Gasteiger partial charge >= 0.3 is 0 Å². The Labute approximate surface area is 83.5 Å². The minimum Gasteiger partial charge on any atom is -0.315 e. The summed E-state index contributed by atoms with van der Waals surface area (Å²) in [6.07, 6.45) is 2.60. The Morgan fingerprint density at radius 3 is 2.23 bits per heavy atom. The van der Waals surface area contributed by atoms with E-state index in [0.717, 1.165) is 25.6 Å². The van der Waals surface area contributed by atoms with E-state index in [0.29, 0.717) is 6.04 Å². The van der Waals surface area contributed by atoms with Crippen molar-refractivity contribution in [2.24, 2.45) is 5.92 Å². The van der Waals surface area contributed by atoms with Crippen molar-refractivity contribution in [2.45, 2.75) is 46.6 Å². The molecule has 0 aromatic rings. The van der Waals surface area contributed by atoms with Crippen LogP contribution in [0.5, 0.6) is 0 Å². The van der Waals surface area contributed by atoms with Gasteiger partial charge in [0.25, 0.3) is 0 Å². The molecule has 0 aliphatic rings. The van der Waals surface area contributed by atoms with Gasteiger partial charge in [0.1, 0.15) is 0 Å². The van der Waals surface area contributed by atoms with Crippen molar-refractivity contribution in [3.8, 4) is 0 Å². The molecule has 0 amide bonds. The van der Waals surface area contributed by atoms with Crippen molar-refractivity contribution in [1.82, 2.24) is 10.6 Å². The third kappa shape index (κ3) is 9.84. The molecular weight excluding hydrogens is 160 g/mol. The normalized spacial score (nSPS) is 13.6. The van der Waals surface area contributed by atoms with Crippen LogP contribution >= 0.6 is 0 Å². The monoisotopic (exact) mass is 186 g/mol. The van der Waals surface area contributed by atoms with Gasteiger partial charge in [-0.1, -0.05) is 34.1 Å². The van der Waals surface area contributed by atoms with Crippen molar-refractivity contribution < 1.29 is 0 Å². The van der Waals surface area contributed by atoms with E-state index in [1.54, 1.807) is 0 Å². The zero-order valence-corrected chi connectivity index (χ0v) is 9.69. The summed E-state index contributed by atoms with van der Waals surface area (Å²) in [5.74, 6) is 0.866. The van der Waals surface area contributed by atoms with Crippen molar-refractivity contribution in [3.05, 3.63) is 0 Å². The second-order valence-electron chi connectivity index (χ2n) is 4.16. The van der Waals surface area contributed by atoms with Crippen LogP contribution in [0.15, 0.2) is 0 Å². The molecule has 80 valence electrons. The van der Waals surface area contributed by atoms with Crippen LogP contribution in [0.3, 0.4) is 0 Å². The lowest BCUT2D eigenvalue weighted by Gasteiger charge is -2.11. The predicted octanol–water partition coefficient (Wildman–Crippen LogP) is 2.01. The maximum Gasteiger partial charge on any atom is 0.00790 e. The van der Waals surface area contributed by atoms with Crippen LogP contribution in [0.25, 0.3) is 0 Å². The Kier molecular flexibility index (Phi) is 8.46. The highest BCUT2D eigenvalue weighted by molar-refractivity contribution is 4.57. The van der Waals surface area contributed by atoms with Gasteiger partial charge in [-0.2, -0.15) is 0 Å². The summed E-state index contributed by atoms with van der Waals surface area (Å²) in [7, 11) is 0. The van der Waals surface area contributed by atoms with Crippen molar-refractivity contribution in [1.29, 1.82) is 0 Å². The van der Waals surface area contributed by atoms with Gasteiger partial charge in [0, 0.05) is 19.1 Å². The maximum atomic E-state index is 3.44. The van der Waals surface area contributed by atoms with Gasteiger partial charge in [-0.3, -0.25) is 0 Å². The fourth-order valence-electron chi connectivity index (χ4n) is 1.13. The number of nitrogens with one attached hydrogen (secondary N) is 2. The third-order valence-corrected chi connectivity index (χ3v) is 2.37. The summed E-state index contributed by atoms with van der Waals surface area (Å²) < 4.78 is 0. The summed E-state index contributed by atoms with van der Waals surface area (Å²) in [6.45, 7) is 12.3. The molecule has 0 aromatic carbocycles. The summed E-state index contributed by atoms with van der Waals surface area (Å²) in [6, 6.07) is 0.608. The predicted molar refractivity (Wildman–Crippen MR) is 60.1 cm³/mol. The van der Waals surface area contributed by atoms with E-state index in [1.165, 1.54) is 12.8 Å². The van der Waals surface area contributed by atoms with Gasteiger partial charge < -0.3 is 10.6 Å². The first-order valence-electron chi connectivity index (χ1n) is 5.60. The van der Waals surface area contributed by atoms with Crippen molar-refractivity contribution in [2.75, 3.05) is 19.6 Å². The zero-order valence-electron chi connectivity index (χ0n) is 9.69. The summed E-state index contributed by atoms with van der Waals surface area (Å²) in [5, 5.41) is 6.83. The molecule has 0 aromatic heterocycles. The topological polar surface area (TPSA) is 24.1 Å². The average Bonchev–Trinajstić information content (AvgIpc) is 2.10. The molecule has 0 fully saturated rings. The van der Waals surface area contributed by atoms with Crippen LogP contribution in [-0.2, 0) is 0 Å². The van der Waals surface area contributed by atoms with E-state index in [1.807, 2.05) is 0 Å². The largest absolute Gasteiger partial charge is 0.315 e. The molecule has 13 heavy (non-hydrogen) atoms. The molecule has 1 atom stereocenters. The highest BCUT2D eigenvalue weighted by atomic mass is 14.9. The Morgan fingerprint density at radius 2 is 1.69 bits per heavy atom. The summed E-state index contributed by atoms with van der Waals surface area (Å²) in [5.41, 5.74) is 0. The van der Waals surface area contributed by atoms with Gasteiger partial charge in [0.05, 0.1) is 0 Å². The van der Waals surface area contributed by atoms with Gasteiger partial charge in [-0.25, -0.2) is 0 Å². The van der Waals surface area contributed by atoms with E-state index >= 15 is 0 Å². The Hall–Kier alpha value is -0.0800. The van der Waals surface area contributed by atoms with Gasteiger partial charge in [0.15, 0.2) is 0 Å². The molecule has 0 aliphatic carbocycles. The molecule has 0 bridgehead atoms. The Morgan fingerprint density at radius 1 is 1.00 bits per heavy atom. The standard InChI is InChI=1S/C11H26N2/c1-5-11(4)6-7-12-8-9-13-10(2)3/h10-13H,5-9H2,1-4H3. The first-order valence-corrected chi connectivity index (χ1v) is 5.60. The molecule has 0 saturated carbocycles. The average molecular weight is 186 g/mol. The van der Waals surface area contributed by atoms with E-state index in [2.05, 4.69) is 38.3 Å². The Bertz CT molecular complexity index is 102. The van der Waals surface area contributed by atoms with Crippen LogP contribution in [0.4, 0.5) is 0 Å². The fourth-order valence-corrected chi connectivity index (χ4v) is 1.13. The lowest BCUT2D eigenvalue weighted by molar-refractivity contribution is 0.479. The molecule has 1 unspecified atom stereocenters. The van der Waals surface area contributed by atoms with Gasteiger partial charge in [-0.05, 0) is 18.9 Å². The first kappa shape index (κ1) is 12.9. The van der Waals surface area contributed by atoms with Crippen molar-refractivity contribution in [3.63, 3.8) is 0 Å². The summed E-state index contributed by atoms with van der Waals surface area (Å²) >= 11 is 0. The molecule has 0 saturated heterocycles. The van der Waals surface area contributed by atoms with Crippen LogP contribution in [-0.4, -0.2) is 25.7 Å². The minimum absolute atomic E-state index is 0.608. The van der Waals surface area contributed by atoms with Crippen LogP contribution in [0.1, 0.15) is 40.5 Å². The number of hydrogen-bond acceptors (Lipinski definition) is 2. The molecule has 2 N–H and O–H groups in total. The fraction of sp³-hybridized carbons (Fsp3) is 1.00. The molecule has 2 nitrogen and oxygen atoms in total. The van der Waals surface area contributed by atoms with E-state index in [-0.39, 0.29) is 0 Å². The minimum atomic E-state index is 0.608. The highest BCUT2D eigenvalue weighted by Gasteiger charge is 1.97. The second-order valence-corrected chi connectivity index (χ2v) is 4.16. The smallest absolute Gasteiger partial charge is 0.00790 e. The van der Waals surface area contributed by atoms with Crippen LogP contribution in [0, 0.1) is 5.92 Å². The summed E-state index contributed by atoms with van der Waals surface area (Å²) in [4.78, 5) is 0. The molecule has 2 heteroatoms. The number of hydrogen-bond donors (Lipinski definition) is 2. The third-order valence-electron chi connectivity index (χ3n) is 2.37. The molecule has 0 spiro atoms. The molecule has 0 radical (unpaired) electrons. The van der Waals surface area contributed by atoms with Crippen LogP contribution < -0.4 is 10.6 Å². The van der Waals surface area contributed by atoms with Crippen LogP contribution in [0.2, 0.25) is 0 Å². The van der Waals surface area contributed by atoms with Crippen molar-refractivity contribution >= 4 is 0 Å². The lowest BCUT2D eigenvalue weighted by Crippen LogP contribution is -2.32. The number of rotatable bonds is 8. The first-order chi connectivity index (χ1) is 6.16. The van der Waals surface area contributed by atoms with E-state index in [9.17, 15) is 0 Å². The SMILES string of the molecule is CCC(C)CCNCCNC(C)C. The van der Waals surface area contributed by atoms with Gasteiger partial charge in [0.2, 0.25) is 0 Å². The quantitative estimate of drug-likeness (QED) is 0.567. The highest BCUT2D eigenvalue weighted by Crippen LogP contribution is 2.03. The zero-order chi connectivity index (χ0) is 10.1.